The Hall–Kier alpha value is -7.19. The molecule has 102 heavy (non-hydrogen) atoms. The number of pyridine rings is 10. The van der Waals surface area contributed by atoms with Gasteiger partial charge in [0, 0.05) is 119 Å². The third kappa shape index (κ3) is 28.1. The Bertz CT molecular complexity index is 4050. The Morgan fingerprint density at radius 2 is 0.353 bits per heavy atom. The molecule has 0 N–H and O–H groups in total. The standard InChI is InChI=1S/2C16H10FN2.3C16H11N2.2BrH.ClH.FH.HI.5Pt/c2*17-14-10-12(15-5-1-3-7-18-15)9-13(11-14)16-6-2-4-8-19-16;3*1-3-10-17-15(8-1)13-6-5-7-14(12-13)16-9-2-4-11-18-16;;;;;;;;;;/h2*1-8,10-11H;3*1-11H;5*1H;;;;;/q5*-1;;;;;;5*+2/p-5. The van der Waals surface area contributed by atoms with Crippen molar-refractivity contribution in [2.45, 2.75) is 0 Å². The summed E-state index contributed by atoms with van der Waals surface area (Å²) >= 11 is 16.2. The molecule has 0 aliphatic rings. The van der Waals surface area contributed by atoms with E-state index in [1.807, 2.05) is 272 Å². The van der Waals surface area contributed by atoms with Gasteiger partial charge in [-0.25, -0.2) is 8.78 Å². The van der Waals surface area contributed by atoms with Crippen LogP contribution in [0.5, 0.6) is 0 Å². The molecule has 15 rings (SSSR count). The van der Waals surface area contributed by atoms with Gasteiger partial charge >= 0.3 is 149 Å². The van der Waals surface area contributed by atoms with Gasteiger partial charge in [0.1, 0.15) is 0 Å². The first-order valence-electron chi connectivity index (χ1n) is 29.7. The van der Waals surface area contributed by atoms with E-state index in [-0.39, 0.29) is 11.6 Å². The van der Waals surface area contributed by atoms with Crippen LogP contribution in [0.4, 0.5) is 11.9 Å². The molecule has 0 radical (unpaired) electrons. The Balaban J connectivity index is 0.000000194. The monoisotopic (exact) mass is 2500 g/mol. The molecule has 0 aliphatic carbocycles. The summed E-state index contributed by atoms with van der Waals surface area (Å²) in [5, 5.41) is 0. The molecule has 22 heteroatoms. The van der Waals surface area contributed by atoms with Crippen molar-refractivity contribution in [1.29, 1.82) is 0 Å². The maximum atomic E-state index is 13.7. The van der Waals surface area contributed by atoms with E-state index in [0.29, 0.717) is 65.4 Å². The topological polar surface area (TPSA) is 129 Å². The van der Waals surface area contributed by atoms with Gasteiger partial charge < -0.3 is 0 Å². The zero-order valence-electron chi connectivity index (χ0n) is 52.8. The van der Waals surface area contributed by atoms with Crippen LogP contribution >= 0.6 is 55.4 Å². The smallest absolute Gasteiger partial charge is 0.0183 e. The molecule has 10 aromatic heterocycles. The van der Waals surface area contributed by atoms with Crippen LogP contribution in [0.3, 0.4) is 0 Å². The van der Waals surface area contributed by atoms with E-state index in [1.165, 1.54) is 24.3 Å². The fourth-order valence-electron chi connectivity index (χ4n) is 9.15. The zero-order chi connectivity index (χ0) is 72.8. The predicted octanol–water partition coefficient (Wildman–Crippen LogP) is 22.0. The Labute approximate surface area is 677 Å². The predicted molar refractivity (Wildman–Crippen MR) is 397 cm³/mol. The van der Waals surface area contributed by atoms with Gasteiger partial charge in [0.2, 0.25) is 0 Å². The molecule has 10 nitrogen and oxygen atoms in total. The maximum Gasteiger partial charge on any atom is 0.0183 e. The second-order valence-corrected chi connectivity index (χ2v) is 19.8. The van der Waals surface area contributed by atoms with Gasteiger partial charge in [0.15, 0.2) is 0 Å². The summed E-state index contributed by atoms with van der Waals surface area (Å²) in [7, 11) is 4.61. The average molecular weight is 2510 g/mol. The van der Waals surface area contributed by atoms with Crippen molar-refractivity contribution in [3.63, 3.8) is 0 Å². The van der Waals surface area contributed by atoms with Crippen molar-refractivity contribution in [3.05, 3.63) is 365 Å². The molecular weight excluding hydrogens is 2460 g/mol. The van der Waals surface area contributed by atoms with Gasteiger partial charge in [0.05, 0.1) is 11.6 Å². The molecule has 10 heterocycles. The van der Waals surface area contributed by atoms with E-state index < -0.39 is 0 Å². The minimum absolute atomic E-state index is 0.319. The number of aromatic nitrogens is 10. The molecule has 0 saturated carbocycles. The van der Waals surface area contributed by atoms with Crippen LogP contribution < -0.4 is 0 Å². The summed E-state index contributed by atoms with van der Waals surface area (Å²) in [5.41, 5.74) is 16.7. The second-order valence-electron chi connectivity index (χ2n) is 19.8. The second kappa shape index (κ2) is 50.3. The van der Waals surface area contributed by atoms with E-state index in [9.17, 15) is 11.9 Å². The fraction of sp³-hybridized carbons (Fsp3) is 0. The summed E-state index contributed by atoms with van der Waals surface area (Å²) in [6.45, 7) is 0. The minimum atomic E-state index is -0.319. The van der Waals surface area contributed by atoms with Crippen LogP contribution in [0.15, 0.2) is 323 Å². The van der Waals surface area contributed by atoms with Crippen molar-refractivity contribution in [3.8, 4) is 113 Å². The molecular formula is C80H53Br2ClF3IN10Pt5. The molecule has 0 spiro atoms. The molecule has 522 valence electrons. The quantitative estimate of drug-likeness (QED) is 0.0964. The van der Waals surface area contributed by atoms with Crippen molar-refractivity contribution in [2.24, 2.45) is 0 Å². The van der Waals surface area contributed by atoms with Crippen LogP contribution in [-0.4, -0.2) is 49.8 Å². The number of hydrogen-bond donors (Lipinski definition) is 0. The summed E-state index contributed by atoms with van der Waals surface area (Å²) in [4.78, 5) is 42.8. The summed E-state index contributed by atoms with van der Waals surface area (Å²) in [5.74, 6) is -0.639. The number of nitrogens with zero attached hydrogens (tertiary/aromatic N) is 10. The van der Waals surface area contributed by atoms with Gasteiger partial charge in [-0.1, -0.05) is 201 Å². The SMILES string of the molecule is Fc1cc(-c2ccccn2)[c-]c(-c2ccccn2)c1.Fc1cc(-c2ccccn2)[c-]c(-c2ccccn2)c1.[Br][Pt+].[Br][Pt+].[Cl][Pt+].[F][Pt+].[I][Pt+].[c-]1c(-c2ccccn2)cccc1-c1ccccn1.[c-]1c(-c2ccccn2)cccc1-c1ccccn1.[c-]1c(-c2ccccn2)cccc1-c1ccccn1. The van der Waals surface area contributed by atoms with Crippen LogP contribution in [0, 0.1) is 42.0 Å². The molecule has 15 aromatic rings. The van der Waals surface area contributed by atoms with E-state index in [4.69, 9.17) is 0 Å². The number of benzene rings is 5. The third-order valence-corrected chi connectivity index (χ3v) is 13.5. The Kier molecular flexibility index (Phi) is 41.3. The first kappa shape index (κ1) is 83.8. The van der Waals surface area contributed by atoms with E-state index in [2.05, 4.69) is 152 Å². The van der Waals surface area contributed by atoms with Crippen LogP contribution in [-0.2, 0) is 90.8 Å². The Morgan fingerprint density at radius 3 is 0.480 bits per heavy atom. The molecule has 5 aromatic carbocycles. The van der Waals surface area contributed by atoms with Crippen molar-refractivity contribution in [1.82, 2.24) is 49.8 Å². The van der Waals surface area contributed by atoms with E-state index in [1.54, 1.807) is 80.7 Å². The van der Waals surface area contributed by atoms with Gasteiger partial charge in [-0.05, 0) is 60.7 Å². The first-order valence-corrected chi connectivity index (χ1v) is 49.8. The zero-order valence-corrected chi connectivity index (χ0v) is 70.2. The molecule has 0 saturated heterocycles. The molecule has 0 fully saturated rings. The van der Waals surface area contributed by atoms with Gasteiger partial charge in [-0.2, -0.15) is 0 Å². The average Bonchev–Trinajstić information content (AvgIpc) is 0.731. The number of rotatable bonds is 10. The normalized spacial score (nSPS) is 9.62. The van der Waals surface area contributed by atoms with E-state index >= 15 is 0 Å². The number of halogens is 7. The molecule has 0 aliphatic heterocycles. The Morgan fingerprint density at radius 1 is 0.225 bits per heavy atom. The number of hydrogen-bond acceptors (Lipinski definition) is 10. The van der Waals surface area contributed by atoms with Crippen molar-refractivity contribution < 1.29 is 103 Å². The fourth-order valence-corrected chi connectivity index (χ4v) is 9.15. The molecule has 0 amide bonds. The summed E-state index contributed by atoms with van der Waals surface area (Å²) in [6.07, 6.45) is 17.4. The summed E-state index contributed by atoms with van der Waals surface area (Å²) in [6, 6.07) is 97.4. The largest absolute Gasteiger partial charge is 0.295 e. The van der Waals surface area contributed by atoms with Crippen molar-refractivity contribution >= 4 is 55.4 Å². The van der Waals surface area contributed by atoms with Gasteiger partial charge in [-0.15, -0.1) is 84.9 Å². The van der Waals surface area contributed by atoms with Gasteiger partial charge in [0.25, 0.3) is 0 Å². The first-order chi connectivity index (χ1) is 50.5. The molecule has 0 unspecified atom stereocenters. The minimum Gasteiger partial charge on any atom is -0.295 e. The van der Waals surface area contributed by atoms with E-state index in [0.717, 1.165) is 67.5 Å². The molecule has 0 bridgehead atoms. The molecule has 0 atom stereocenters. The van der Waals surface area contributed by atoms with Crippen molar-refractivity contribution in [2.75, 3.05) is 0 Å². The van der Waals surface area contributed by atoms with Gasteiger partial charge in [-0.3, -0.25) is 49.8 Å². The maximum absolute atomic E-state index is 13.7. The summed E-state index contributed by atoms with van der Waals surface area (Å²) < 4.78 is 36.9. The van der Waals surface area contributed by atoms with Crippen LogP contribution in [0.25, 0.3) is 113 Å². The third-order valence-electron chi connectivity index (χ3n) is 13.5. The van der Waals surface area contributed by atoms with Crippen LogP contribution in [0.1, 0.15) is 0 Å². The van der Waals surface area contributed by atoms with Crippen LogP contribution in [0.2, 0.25) is 0 Å².